The Hall–Kier alpha value is -1.46. The van der Waals surface area contributed by atoms with E-state index in [1.54, 1.807) is 37.4 Å². The summed E-state index contributed by atoms with van der Waals surface area (Å²) in [6.45, 7) is 0. The Morgan fingerprint density at radius 3 is 2.62 bits per heavy atom. The molecule has 2 aromatic carbocycles. The monoisotopic (exact) mass is 355 g/mol. The van der Waals surface area contributed by atoms with Crippen LogP contribution < -0.4 is 10.1 Å². The van der Waals surface area contributed by atoms with E-state index in [4.69, 9.17) is 4.74 Å². The first kappa shape index (κ1) is 15.9. The highest BCUT2D eigenvalue weighted by atomic mass is 79.9. The Morgan fingerprint density at radius 1 is 1.24 bits per heavy atom. The molecule has 2 nitrogen and oxygen atoms in total. The first-order chi connectivity index (χ1) is 10.1. The molecule has 0 aromatic heterocycles. The van der Waals surface area contributed by atoms with Crippen LogP contribution in [0.5, 0.6) is 5.75 Å². The first-order valence-electron chi connectivity index (χ1n) is 6.50. The molecule has 0 spiro atoms. The van der Waals surface area contributed by atoms with E-state index in [1.165, 1.54) is 13.2 Å². The van der Waals surface area contributed by atoms with Crippen molar-refractivity contribution in [1.29, 1.82) is 0 Å². The summed E-state index contributed by atoms with van der Waals surface area (Å²) < 4.78 is 33.2. The standard InChI is InChI=1S/C16H16BrF2NO/c1-20-14(11-4-3-5-12(17)16(11)19)9-10-6-7-15(21-2)13(18)8-10/h3-8,14,20H,9H2,1-2H3. The van der Waals surface area contributed by atoms with Crippen LogP contribution in [0.15, 0.2) is 40.9 Å². The van der Waals surface area contributed by atoms with Gasteiger partial charge < -0.3 is 10.1 Å². The zero-order valence-corrected chi connectivity index (χ0v) is 13.4. The van der Waals surface area contributed by atoms with Gasteiger partial charge in [-0.25, -0.2) is 8.78 Å². The van der Waals surface area contributed by atoms with Gasteiger partial charge in [-0.1, -0.05) is 18.2 Å². The fourth-order valence-corrected chi connectivity index (χ4v) is 2.61. The normalized spacial score (nSPS) is 12.2. The van der Waals surface area contributed by atoms with Gasteiger partial charge in [0.1, 0.15) is 5.82 Å². The summed E-state index contributed by atoms with van der Waals surface area (Å²) in [7, 11) is 3.18. The van der Waals surface area contributed by atoms with Gasteiger partial charge in [-0.05, 0) is 53.2 Å². The first-order valence-corrected chi connectivity index (χ1v) is 7.29. The van der Waals surface area contributed by atoms with E-state index in [9.17, 15) is 8.78 Å². The number of rotatable bonds is 5. The Labute approximate surface area is 131 Å². The van der Waals surface area contributed by atoms with Crippen molar-refractivity contribution in [2.45, 2.75) is 12.5 Å². The van der Waals surface area contributed by atoms with Crippen LogP contribution in [-0.4, -0.2) is 14.2 Å². The summed E-state index contributed by atoms with van der Waals surface area (Å²) in [6.07, 6.45) is 0.477. The molecule has 0 heterocycles. The number of methoxy groups -OCH3 is 1. The highest BCUT2D eigenvalue weighted by Crippen LogP contribution is 2.27. The molecular weight excluding hydrogens is 340 g/mol. The van der Waals surface area contributed by atoms with Crippen LogP contribution in [0.1, 0.15) is 17.2 Å². The van der Waals surface area contributed by atoms with Gasteiger partial charge in [0.2, 0.25) is 0 Å². The minimum Gasteiger partial charge on any atom is -0.494 e. The lowest BCUT2D eigenvalue weighted by atomic mass is 9.98. The quantitative estimate of drug-likeness (QED) is 0.865. The van der Waals surface area contributed by atoms with Crippen molar-refractivity contribution in [3.05, 3.63) is 63.6 Å². The molecule has 0 bridgehead atoms. The second kappa shape index (κ2) is 7.00. The summed E-state index contributed by atoms with van der Waals surface area (Å²) in [4.78, 5) is 0. The minimum atomic E-state index is -0.417. The van der Waals surface area contributed by atoms with Crippen LogP contribution >= 0.6 is 15.9 Å². The molecular formula is C16H16BrF2NO. The molecule has 0 saturated carbocycles. The molecule has 0 aliphatic rings. The summed E-state index contributed by atoms with van der Waals surface area (Å²) in [5, 5.41) is 3.07. The number of hydrogen-bond donors (Lipinski definition) is 1. The third kappa shape index (κ3) is 3.60. The number of benzene rings is 2. The largest absolute Gasteiger partial charge is 0.494 e. The van der Waals surface area contributed by atoms with Crippen LogP contribution in [0.2, 0.25) is 0 Å². The number of hydrogen-bond acceptors (Lipinski definition) is 2. The number of ether oxygens (including phenoxy) is 1. The maximum Gasteiger partial charge on any atom is 0.165 e. The fourth-order valence-electron chi connectivity index (χ4n) is 2.23. The Bertz CT molecular complexity index is 634. The maximum atomic E-state index is 14.2. The van der Waals surface area contributed by atoms with Gasteiger partial charge in [0.25, 0.3) is 0 Å². The van der Waals surface area contributed by atoms with Crippen LogP contribution in [-0.2, 0) is 6.42 Å². The minimum absolute atomic E-state index is 0.202. The third-order valence-corrected chi connectivity index (χ3v) is 3.97. The highest BCUT2D eigenvalue weighted by molar-refractivity contribution is 9.10. The second-order valence-corrected chi connectivity index (χ2v) is 5.51. The molecule has 0 saturated heterocycles. The lowest BCUT2D eigenvalue weighted by Crippen LogP contribution is -2.20. The van der Waals surface area contributed by atoms with Gasteiger partial charge in [-0.15, -0.1) is 0 Å². The molecule has 0 aliphatic carbocycles. The predicted molar refractivity (Wildman–Crippen MR) is 82.6 cm³/mol. The summed E-state index contributed by atoms with van der Waals surface area (Å²) in [5.41, 5.74) is 1.31. The van der Waals surface area contributed by atoms with Crippen LogP contribution in [0.3, 0.4) is 0 Å². The molecule has 0 aliphatic heterocycles. The number of likely N-dealkylation sites (N-methyl/N-ethyl adjacent to an activating group) is 1. The van der Waals surface area contributed by atoms with Gasteiger partial charge >= 0.3 is 0 Å². The van der Waals surface area contributed by atoms with Crippen molar-refractivity contribution < 1.29 is 13.5 Å². The predicted octanol–water partition coefficient (Wildman–Crippen LogP) is 4.24. The molecule has 112 valence electrons. The van der Waals surface area contributed by atoms with Crippen LogP contribution in [0, 0.1) is 11.6 Å². The van der Waals surface area contributed by atoms with Gasteiger partial charge in [-0.3, -0.25) is 0 Å². The second-order valence-electron chi connectivity index (χ2n) is 4.66. The molecule has 21 heavy (non-hydrogen) atoms. The Balaban J connectivity index is 2.27. The van der Waals surface area contributed by atoms with E-state index < -0.39 is 5.82 Å². The molecule has 2 rings (SSSR count). The van der Waals surface area contributed by atoms with Crippen molar-refractivity contribution in [2.24, 2.45) is 0 Å². The topological polar surface area (TPSA) is 21.3 Å². The van der Waals surface area contributed by atoms with E-state index >= 15 is 0 Å². The van der Waals surface area contributed by atoms with Crippen molar-refractivity contribution >= 4 is 15.9 Å². The van der Waals surface area contributed by atoms with Crippen molar-refractivity contribution in [2.75, 3.05) is 14.2 Å². The molecule has 2 aromatic rings. The van der Waals surface area contributed by atoms with Crippen LogP contribution in [0.4, 0.5) is 8.78 Å². The van der Waals surface area contributed by atoms with Crippen molar-refractivity contribution in [3.8, 4) is 5.75 Å². The highest BCUT2D eigenvalue weighted by Gasteiger charge is 2.17. The number of nitrogens with one attached hydrogen (secondary N) is 1. The Morgan fingerprint density at radius 2 is 2.00 bits per heavy atom. The third-order valence-electron chi connectivity index (χ3n) is 3.36. The number of halogens is 3. The van der Waals surface area contributed by atoms with E-state index in [-0.39, 0.29) is 17.6 Å². The zero-order valence-electron chi connectivity index (χ0n) is 11.8. The average molecular weight is 356 g/mol. The van der Waals surface area contributed by atoms with E-state index in [0.29, 0.717) is 16.5 Å². The Kier molecular flexibility index (Phi) is 5.31. The lowest BCUT2D eigenvalue weighted by molar-refractivity contribution is 0.386. The molecule has 5 heteroatoms. The van der Waals surface area contributed by atoms with Gasteiger partial charge in [0.05, 0.1) is 11.6 Å². The van der Waals surface area contributed by atoms with Gasteiger partial charge in [0.15, 0.2) is 11.6 Å². The van der Waals surface area contributed by atoms with Crippen molar-refractivity contribution in [1.82, 2.24) is 5.32 Å². The van der Waals surface area contributed by atoms with E-state index in [0.717, 1.165) is 5.56 Å². The molecule has 0 amide bonds. The van der Waals surface area contributed by atoms with Gasteiger partial charge in [-0.2, -0.15) is 0 Å². The van der Waals surface area contributed by atoms with E-state index in [2.05, 4.69) is 21.2 Å². The molecule has 1 N–H and O–H groups in total. The SMILES string of the molecule is CNC(Cc1ccc(OC)c(F)c1)c1cccc(Br)c1F. The van der Waals surface area contributed by atoms with Crippen LogP contribution in [0.25, 0.3) is 0 Å². The average Bonchev–Trinajstić information content (AvgIpc) is 2.48. The fraction of sp³-hybridized carbons (Fsp3) is 0.250. The molecule has 1 unspecified atom stereocenters. The molecule has 0 fully saturated rings. The summed E-state index contributed by atoms with van der Waals surface area (Å²) in [5.74, 6) is -0.515. The molecule has 1 atom stereocenters. The molecule has 0 radical (unpaired) electrons. The lowest BCUT2D eigenvalue weighted by Gasteiger charge is -2.18. The summed E-state index contributed by atoms with van der Waals surface area (Å²) >= 11 is 3.18. The summed E-state index contributed by atoms with van der Waals surface area (Å²) in [6, 6.07) is 9.69. The maximum absolute atomic E-state index is 14.2. The smallest absolute Gasteiger partial charge is 0.165 e. The van der Waals surface area contributed by atoms with Gasteiger partial charge in [0, 0.05) is 11.6 Å². The zero-order chi connectivity index (χ0) is 15.4. The van der Waals surface area contributed by atoms with Crippen molar-refractivity contribution in [3.63, 3.8) is 0 Å². The van der Waals surface area contributed by atoms with E-state index in [1.807, 2.05) is 0 Å².